The summed E-state index contributed by atoms with van der Waals surface area (Å²) < 4.78 is 36.8. The van der Waals surface area contributed by atoms with Gasteiger partial charge in [0.25, 0.3) is 5.91 Å². The number of carbonyl (C=O) groups is 1. The van der Waals surface area contributed by atoms with Crippen LogP contribution in [0.25, 0.3) is 0 Å². The van der Waals surface area contributed by atoms with Gasteiger partial charge < -0.3 is 14.8 Å². The first-order valence-electron chi connectivity index (χ1n) is 10.4. The summed E-state index contributed by atoms with van der Waals surface area (Å²) in [6.07, 6.45) is 1.19. The molecular weight excluding hydrogens is 440 g/mol. The average molecular weight is 469 g/mol. The third kappa shape index (κ3) is 6.98. The van der Waals surface area contributed by atoms with Crippen LogP contribution >= 0.6 is 0 Å². The SMILES string of the molecule is COc1ccc(OCCNC(=O)c2ccc(CN(c3cccc(C)c3)S(C)(=O)=O)cc2)cc1. The molecule has 0 aliphatic heterocycles. The van der Waals surface area contributed by atoms with Crippen molar-refractivity contribution in [3.05, 3.63) is 89.5 Å². The lowest BCUT2D eigenvalue weighted by Gasteiger charge is -2.23. The van der Waals surface area contributed by atoms with E-state index in [4.69, 9.17) is 9.47 Å². The number of ether oxygens (including phenoxy) is 2. The highest BCUT2D eigenvalue weighted by atomic mass is 32.2. The van der Waals surface area contributed by atoms with Gasteiger partial charge in [0.05, 0.1) is 32.1 Å². The molecule has 0 heterocycles. The van der Waals surface area contributed by atoms with E-state index in [2.05, 4.69) is 5.32 Å². The van der Waals surface area contributed by atoms with E-state index < -0.39 is 10.0 Å². The Labute approximate surface area is 195 Å². The number of hydrogen-bond donors (Lipinski definition) is 1. The van der Waals surface area contributed by atoms with Crippen LogP contribution in [0.4, 0.5) is 5.69 Å². The maximum absolute atomic E-state index is 12.4. The Balaban J connectivity index is 1.55. The maximum atomic E-state index is 12.4. The molecule has 1 N–H and O–H groups in total. The summed E-state index contributed by atoms with van der Waals surface area (Å²) in [5, 5.41) is 2.81. The molecule has 0 aromatic heterocycles. The van der Waals surface area contributed by atoms with Gasteiger partial charge in [-0.15, -0.1) is 0 Å². The minimum Gasteiger partial charge on any atom is -0.497 e. The minimum absolute atomic E-state index is 0.180. The van der Waals surface area contributed by atoms with Gasteiger partial charge in [-0.1, -0.05) is 24.3 Å². The Hall–Kier alpha value is -3.52. The second-order valence-corrected chi connectivity index (χ2v) is 9.49. The molecule has 174 valence electrons. The van der Waals surface area contributed by atoms with E-state index in [1.807, 2.05) is 25.1 Å². The smallest absolute Gasteiger partial charge is 0.251 e. The predicted octanol–water partition coefficient (Wildman–Crippen LogP) is 3.78. The van der Waals surface area contributed by atoms with E-state index in [1.165, 1.54) is 10.6 Å². The van der Waals surface area contributed by atoms with Gasteiger partial charge in [0.2, 0.25) is 10.0 Å². The van der Waals surface area contributed by atoms with Crippen molar-refractivity contribution < 1.29 is 22.7 Å². The van der Waals surface area contributed by atoms with Gasteiger partial charge in [-0.2, -0.15) is 0 Å². The van der Waals surface area contributed by atoms with Gasteiger partial charge in [-0.3, -0.25) is 9.10 Å². The third-order valence-corrected chi connectivity index (χ3v) is 6.09. The number of anilines is 1. The molecule has 3 rings (SSSR count). The highest BCUT2D eigenvalue weighted by Crippen LogP contribution is 2.22. The Morgan fingerprint density at radius 3 is 2.24 bits per heavy atom. The van der Waals surface area contributed by atoms with Gasteiger partial charge in [0.15, 0.2) is 0 Å². The van der Waals surface area contributed by atoms with E-state index in [0.29, 0.717) is 30.2 Å². The molecule has 0 atom stereocenters. The Morgan fingerprint density at radius 1 is 0.970 bits per heavy atom. The molecule has 33 heavy (non-hydrogen) atoms. The molecule has 0 bridgehead atoms. The summed E-state index contributed by atoms with van der Waals surface area (Å²) in [4.78, 5) is 12.4. The molecule has 0 aliphatic rings. The second-order valence-electron chi connectivity index (χ2n) is 7.59. The van der Waals surface area contributed by atoms with Crippen LogP contribution in [0.3, 0.4) is 0 Å². The van der Waals surface area contributed by atoms with E-state index in [1.54, 1.807) is 61.7 Å². The third-order valence-electron chi connectivity index (χ3n) is 4.95. The Bertz CT molecular complexity index is 1180. The first-order valence-corrected chi connectivity index (χ1v) is 12.3. The van der Waals surface area contributed by atoms with Crippen LogP contribution in [0.5, 0.6) is 11.5 Å². The molecule has 0 fully saturated rings. The van der Waals surface area contributed by atoms with Crippen molar-refractivity contribution >= 4 is 21.6 Å². The lowest BCUT2D eigenvalue weighted by atomic mass is 10.1. The quantitative estimate of drug-likeness (QED) is 0.458. The number of benzene rings is 3. The van der Waals surface area contributed by atoms with E-state index in [0.717, 1.165) is 16.9 Å². The van der Waals surface area contributed by atoms with Crippen LogP contribution in [-0.4, -0.2) is 40.8 Å². The van der Waals surface area contributed by atoms with Crippen molar-refractivity contribution in [2.75, 3.05) is 30.8 Å². The second kappa shape index (κ2) is 10.9. The first kappa shape index (κ1) is 24.1. The monoisotopic (exact) mass is 468 g/mol. The molecule has 0 aliphatic carbocycles. The molecule has 0 unspecified atom stereocenters. The molecule has 0 saturated carbocycles. The molecule has 8 heteroatoms. The standard InChI is InChI=1S/C25H28N2O5S/c1-19-5-4-6-22(17-19)27(33(3,29)30)18-20-7-9-21(10-8-20)25(28)26-15-16-32-24-13-11-23(31-2)12-14-24/h4-14,17H,15-16,18H2,1-3H3,(H,26,28). The fourth-order valence-electron chi connectivity index (χ4n) is 3.22. The molecule has 0 saturated heterocycles. The number of nitrogens with one attached hydrogen (secondary N) is 1. The van der Waals surface area contributed by atoms with Crippen molar-refractivity contribution in [1.82, 2.24) is 5.32 Å². The van der Waals surface area contributed by atoms with Crippen molar-refractivity contribution in [1.29, 1.82) is 0 Å². The van der Waals surface area contributed by atoms with E-state index in [-0.39, 0.29) is 12.5 Å². The summed E-state index contributed by atoms with van der Waals surface area (Å²) in [5.41, 5.74) is 2.85. The average Bonchev–Trinajstić information content (AvgIpc) is 2.80. The van der Waals surface area contributed by atoms with Crippen LogP contribution in [0, 0.1) is 6.92 Å². The van der Waals surface area contributed by atoms with Gasteiger partial charge in [0, 0.05) is 5.56 Å². The summed E-state index contributed by atoms with van der Waals surface area (Å²) in [6, 6.07) is 21.4. The van der Waals surface area contributed by atoms with Gasteiger partial charge >= 0.3 is 0 Å². The van der Waals surface area contributed by atoms with Crippen LogP contribution in [0.15, 0.2) is 72.8 Å². The van der Waals surface area contributed by atoms with Crippen LogP contribution in [0.2, 0.25) is 0 Å². The first-order chi connectivity index (χ1) is 15.8. The number of aryl methyl sites for hydroxylation is 1. The zero-order valence-electron chi connectivity index (χ0n) is 18.9. The van der Waals surface area contributed by atoms with Crippen molar-refractivity contribution in [2.24, 2.45) is 0 Å². The van der Waals surface area contributed by atoms with Crippen molar-refractivity contribution in [3.8, 4) is 11.5 Å². The van der Waals surface area contributed by atoms with Crippen LogP contribution in [-0.2, 0) is 16.6 Å². The largest absolute Gasteiger partial charge is 0.497 e. The number of sulfonamides is 1. The number of hydrogen-bond acceptors (Lipinski definition) is 5. The number of methoxy groups -OCH3 is 1. The van der Waals surface area contributed by atoms with Crippen molar-refractivity contribution in [3.63, 3.8) is 0 Å². The summed E-state index contributed by atoms with van der Waals surface area (Å²) in [6.45, 7) is 2.77. The summed E-state index contributed by atoms with van der Waals surface area (Å²) in [5.74, 6) is 1.22. The van der Waals surface area contributed by atoms with E-state index >= 15 is 0 Å². The zero-order chi connectivity index (χ0) is 23.8. The topological polar surface area (TPSA) is 84.9 Å². The number of carbonyl (C=O) groups excluding carboxylic acids is 1. The minimum atomic E-state index is -3.47. The van der Waals surface area contributed by atoms with E-state index in [9.17, 15) is 13.2 Å². The molecular formula is C25H28N2O5S. The summed E-state index contributed by atoms with van der Waals surface area (Å²) >= 11 is 0. The van der Waals surface area contributed by atoms with Gasteiger partial charge in [0.1, 0.15) is 18.1 Å². The summed E-state index contributed by atoms with van der Waals surface area (Å²) in [7, 11) is -1.87. The molecule has 3 aromatic rings. The Morgan fingerprint density at radius 2 is 1.64 bits per heavy atom. The predicted molar refractivity (Wildman–Crippen MR) is 129 cm³/mol. The molecule has 7 nitrogen and oxygen atoms in total. The van der Waals surface area contributed by atoms with Gasteiger partial charge in [-0.05, 0) is 66.6 Å². The normalized spacial score (nSPS) is 11.0. The molecule has 0 radical (unpaired) electrons. The van der Waals surface area contributed by atoms with Crippen LogP contribution in [0.1, 0.15) is 21.5 Å². The maximum Gasteiger partial charge on any atom is 0.251 e. The molecule has 1 amide bonds. The molecule has 0 spiro atoms. The lowest BCUT2D eigenvalue weighted by Crippen LogP contribution is -2.29. The highest BCUT2D eigenvalue weighted by molar-refractivity contribution is 7.92. The number of rotatable bonds is 10. The van der Waals surface area contributed by atoms with Gasteiger partial charge in [-0.25, -0.2) is 8.42 Å². The highest BCUT2D eigenvalue weighted by Gasteiger charge is 2.18. The Kier molecular flexibility index (Phi) is 7.95. The fourth-order valence-corrected chi connectivity index (χ4v) is 4.10. The fraction of sp³-hybridized carbons (Fsp3) is 0.240. The lowest BCUT2D eigenvalue weighted by molar-refractivity contribution is 0.0947. The molecule has 3 aromatic carbocycles. The number of nitrogens with zero attached hydrogens (tertiary/aromatic N) is 1. The number of amides is 1. The van der Waals surface area contributed by atoms with Crippen LogP contribution < -0.4 is 19.1 Å². The zero-order valence-corrected chi connectivity index (χ0v) is 19.8. The van der Waals surface area contributed by atoms with Crippen molar-refractivity contribution in [2.45, 2.75) is 13.5 Å².